The zero-order valence-electron chi connectivity index (χ0n) is 10.8. The third-order valence-electron chi connectivity index (χ3n) is 3.21. The Morgan fingerprint density at radius 3 is 2.83 bits per heavy atom. The summed E-state index contributed by atoms with van der Waals surface area (Å²) < 4.78 is 0. The number of hydrogen-bond acceptors (Lipinski definition) is 3. The molecule has 98 valence electrons. The van der Waals surface area contributed by atoms with Crippen molar-refractivity contribution in [3.63, 3.8) is 0 Å². The molecule has 1 aliphatic heterocycles. The summed E-state index contributed by atoms with van der Waals surface area (Å²) >= 11 is 1.62. The lowest BCUT2D eigenvalue weighted by Gasteiger charge is -2.20. The molecule has 3 nitrogen and oxygen atoms in total. The van der Waals surface area contributed by atoms with E-state index in [0.29, 0.717) is 6.54 Å². The number of hydrogen-bond donors (Lipinski definition) is 1. The predicted octanol–water partition coefficient (Wildman–Crippen LogP) is 2.25. The molecule has 1 unspecified atom stereocenters. The minimum absolute atomic E-state index is 0.0175. The van der Waals surface area contributed by atoms with Crippen LogP contribution in [0.15, 0.2) is 29.2 Å². The summed E-state index contributed by atoms with van der Waals surface area (Å²) in [4.78, 5) is 15.3. The highest BCUT2D eigenvalue weighted by molar-refractivity contribution is 8.00. The largest absolute Gasteiger partial charge is 0.342 e. The Balaban J connectivity index is 1.97. The minimum Gasteiger partial charge on any atom is -0.342 e. The van der Waals surface area contributed by atoms with Crippen LogP contribution in [0.25, 0.3) is 0 Å². The van der Waals surface area contributed by atoms with E-state index in [1.807, 2.05) is 30.0 Å². The average Bonchev–Trinajstić information content (AvgIpc) is 2.92. The number of nitrogens with zero attached hydrogens (tertiary/aromatic N) is 1. The van der Waals surface area contributed by atoms with Crippen molar-refractivity contribution in [3.8, 4) is 0 Å². The number of amides is 1. The molecule has 2 rings (SSSR count). The number of benzene rings is 1. The van der Waals surface area contributed by atoms with Crippen molar-refractivity contribution in [2.45, 2.75) is 36.5 Å². The molecule has 0 aliphatic carbocycles. The summed E-state index contributed by atoms with van der Waals surface area (Å²) in [5, 5.41) is -0.0175. The van der Waals surface area contributed by atoms with Gasteiger partial charge in [-0.05, 0) is 37.5 Å². The molecular weight excluding hydrogens is 244 g/mol. The van der Waals surface area contributed by atoms with E-state index < -0.39 is 0 Å². The van der Waals surface area contributed by atoms with E-state index in [0.717, 1.165) is 36.4 Å². The first-order chi connectivity index (χ1) is 8.70. The molecule has 1 amide bonds. The van der Waals surface area contributed by atoms with Gasteiger partial charge in [0.25, 0.3) is 0 Å². The van der Waals surface area contributed by atoms with E-state index in [-0.39, 0.29) is 11.2 Å². The minimum atomic E-state index is -0.0175. The van der Waals surface area contributed by atoms with Gasteiger partial charge in [-0.25, -0.2) is 0 Å². The van der Waals surface area contributed by atoms with Crippen LogP contribution in [-0.2, 0) is 11.3 Å². The third kappa shape index (κ3) is 3.27. The van der Waals surface area contributed by atoms with Crippen molar-refractivity contribution in [3.05, 3.63) is 29.8 Å². The summed E-state index contributed by atoms with van der Waals surface area (Å²) in [6.07, 6.45) is 2.29. The SMILES string of the molecule is CC(Sc1cccc(CN)c1)C(=O)N1CCCC1. The maximum Gasteiger partial charge on any atom is 0.235 e. The van der Waals surface area contributed by atoms with Crippen molar-refractivity contribution in [2.75, 3.05) is 13.1 Å². The highest BCUT2D eigenvalue weighted by Crippen LogP contribution is 2.26. The fourth-order valence-corrected chi connectivity index (χ4v) is 3.23. The van der Waals surface area contributed by atoms with Crippen LogP contribution in [0.2, 0.25) is 0 Å². The van der Waals surface area contributed by atoms with Gasteiger partial charge in [0.2, 0.25) is 5.91 Å². The Morgan fingerprint density at radius 2 is 2.17 bits per heavy atom. The maximum atomic E-state index is 12.2. The van der Waals surface area contributed by atoms with Crippen molar-refractivity contribution in [1.82, 2.24) is 4.90 Å². The molecule has 18 heavy (non-hydrogen) atoms. The van der Waals surface area contributed by atoms with Crippen LogP contribution >= 0.6 is 11.8 Å². The first-order valence-corrected chi connectivity index (χ1v) is 7.33. The van der Waals surface area contributed by atoms with E-state index in [9.17, 15) is 4.79 Å². The van der Waals surface area contributed by atoms with Gasteiger partial charge in [0, 0.05) is 24.5 Å². The molecule has 1 saturated heterocycles. The van der Waals surface area contributed by atoms with Gasteiger partial charge < -0.3 is 10.6 Å². The zero-order chi connectivity index (χ0) is 13.0. The smallest absolute Gasteiger partial charge is 0.235 e. The Labute approximate surface area is 113 Å². The highest BCUT2D eigenvalue weighted by Gasteiger charge is 2.23. The topological polar surface area (TPSA) is 46.3 Å². The predicted molar refractivity (Wildman–Crippen MR) is 75.5 cm³/mol. The molecule has 0 spiro atoms. The summed E-state index contributed by atoms with van der Waals surface area (Å²) in [5.74, 6) is 0.260. The summed E-state index contributed by atoms with van der Waals surface area (Å²) in [6.45, 7) is 4.38. The molecule has 0 radical (unpaired) electrons. The van der Waals surface area contributed by atoms with Gasteiger partial charge in [-0.2, -0.15) is 0 Å². The van der Waals surface area contributed by atoms with E-state index in [1.165, 1.54) is 0 Å². The third-order valence-corrected chi connectivity index (χ3v) is 4.29. The van der Waals surface area contributed by atoms with Crippen molar-refractivity contribution in [1.29, 1.82) is 0 Å². The number of likely N-dealkylation sites (tertiary alicyclic amines) is 1. The molecule has 1 fully saturated rings. The van der Waals surface area contributed by atoms with Gasteiger partial charge in [-0.3, -0.25) is 4.79 Å². The Kier molecular flexibility index (Phi) is 4.66. The fourth-order valence-electron chi connectivity index (χ4n) is 2.19. The van der Waals surface area contributed by atoms with E-state index >= 15 is 0 Å². The lowest BCUT2D eigenvalue weighted by atomic mass is 10.2. The number of rotatable bonds is 4. The number of carbonyl (C=O) groups is 1. The van der Waals surface area contributed by atoms with Crippen molar-refractivity contribution in [2.24, 2.45) is 5.73 Å². The number of nitrogens with two attached hydrogens (primary N) is 1. The van der Waals surface area contributed by atoms with Crippen LogP contribution in [0.4, 0.5) is 0 Å². The van der Waals surface area contributed by atoms with E-state index in [2.05, 4.69) is 6.07 Å². The molecular formula is C14H20N2OS. The Bertz CT molecular complexity index is 416. The second-order valence-electron chi connectivity index (χ2n) is 4.64. The lowest BCUT2D eigenvalue weighted by molar-refractivity contribution is -0.129. The summed E-state index contributed by atoms with van der Waals surface area (Å²) in [5.41, 5.74) is 6.74. The van der Waals surface area contributed by atoms with Gasteiger partial charge >= 0.3 is 0 Å². The number of thioether (sulfide) groups is 1. The Hall–Kier alpha value is -1.00. The van der Waals surface area contributed by atoms with Crippen molar-refractivity contribution >= 4 is 17.7 Å². The van der Waals surface area contributed by atoms with Gasteiger partial charge in [0.1, 0.15) is 0 Å². The molecule has 0 bridgehead atoms. The summed E-state index contributed by atoms with van der Waals surface area (Å²) in [6, 6.07) is 8.12. The van der Waals surface area contributed by atoms with Gasteiger partial charge in [-0.15, -0.1) is 11.8 Å². The second kappa shape index (κ2) is 6.25. The van der Waals surface area contributed by atoms with Crippen LogP contribution < -0.4 is 5.73 Å². The molecule has 0 saturated carbocycles. The first kappa shape index (κ1) is 13.4. The molecule has 1 aliphatic rings. The first-order valence-electron chi connectivity index (χ1n) is 6.45. The van der Waals surface area contributed by atoms with Crippen LogP contribution in [-0.4, -0.2) is 29.1 Å². The quantitative estimate of drug-likeness (QED) is 0.848. The van der Waals surface area contributed by atoms with Gasteiger partial charge in [0.05, 0.1) is 5.25 Å². The molecule has 1 atom stereocenters. The van der Waals surface area contributed by atoms with Crippen LogP contribution in [0, 0.1) is 0 Å². The molecule has 4 heteroatoms. The second-order valence-corrected chi connectivity index (χ2v) is 6.06. The highest BCUT2D eigenvalue weighted by atomic mass is 32.2. The van der Waals surface area contributed by atoms with Gasteiger partial charge in [0.15, 0.2) is 0 Å². The van der Waals surface area contributed by atoms with E-state index in [1.54, 1.807) is 11.8 Å². The zero-order valence-corrected chi connectivity index (χ0v) is 11.6. The molecule has 0 aromatic heterocycles. The molecule has 1 aromatic rings. The van der Waals surface area contributed by atoms with Gasteiger partial charge in [-0.1, -0.05) is 12.1 Å². The number of carbonyl (C=O) groups excluding carboxylic acids is 1. The van der Waals surface area contributed by atoms with Crippen LogP contribution in [0.1, 0.15) is 25.3 Å². The van der Waals surface area contributed by atoms with Crippen molar-refractivity contribution < 1.29 is 4.79 Å². The summed E-state index contributed by atoms with van der Waals surface area (Å²) in [7, 11) is 0. The molecule has 1 heterocycles. The normalized spacial score (nSPS) is 16.9. The standard InChI is InChI=1S/C14H20N2OS/c1-11(14(17)16-7-2-3-8-16)18-13-6-4-5-12(9-13)10-15/h4-6,9,11H,2-3,7-8,10,15H2,1H3. The monoisotopic (exact) mass is 264 g/mol. The molecule has 2 N–H and O–H groups in total. The Morgan fingerprint density at radius 1 is 1.44 bits per heavy atom. The lowest BCUT2D eigenvalue weighted by Crippen LogP contribution is -2.33. The fraction of sp³-hybridized carbons (Fsp3) is 0.500. The average molecular weight is 264 g/mol. The van der Waals surface area contributed by atoms with E-state index in [4.69, 9.17) is 5.73 Å². The maximum absolute atomic E-state index is 12.2. The molecule has 1 aromatic carbocycles. The van der Waals surface area contributed by atoms with Crippen LogP contribution in [0.5, 0.6) is 0 Å². The van der Waals surface area contributed by atoms with Crippen LogP contribution in [0.3, 0.4) is 0 Å².